The van der Waals surface area contributed by atoms with Gasteiger partial charge in [0.25, 0.3) is 23.8 Å². The monoisotopic (exact) mass is 1170 g/mol. The molecule has 0 bridgehead atoms. The summed E-state index contributed by atoms with van der Waals surface area (Å²) in [6, 6.07) is 8.78. The molecular weight excluding hydrogens is 1100 g/mol. The molecule has 414 valence electrons. The number of hydrogen-bond acceptors (Lipinski definition) is 20. The third kappa shape index (κ3) is 13.3. The number of carbonyl (C=O) groups is 2. The minimum atomic E-state index is -0.307. The number of benzene rings is 2. The summed E-state index contributed by atoms with van der Waals surface area (Å²) in [5.74, 6) is -0.507. The van der Waals surface area contributed by atoms with E-state index in [4.69, 9.17) is 27.6 Å². The summed E-state index contributed by atoms with van der Waals surface area (Å²) < 4.78 is 34.6. The molecule has 6 aromatic heterocycles. The van der Waals surface area contributed by atoms with Crippen LogP contribution < -0.4 is 35.7 Å². The molecule has 3 aliphatic heterocycles. The normalized spacial score (nSPS) is 15.9. The number of thiazole rings is 2. The number of H-pyrrole nitrogens is 2. The van der Waals surface area contributed by atoms with Crippen LogP contribution in [0.2, 0.25) is 0 Å². The smallest absolute Gasteiger partial charge is 0.423 e. The van der Waals surface area contributed by atoms with Gasteiger partial charge >= 0.3 is 7.12 Å². The van der Waals surface area contributed by atoms with Gasteiger partial charge in [0.2, 0.25) is 0 Å². The molecule has 0 saturated carbocycles. The van der Waals surface area contributed by atoms with Crippen molar-refractivity contribution >= 4 is 120 Å². The Bertz CT molecular complexity index is 3230. The number of oxazole rings is 2. The lowest BCUT2D eigenvalue weighted by molar-refractivity contribution is 0.00578. The lowest BCUT2D eigenvalue weighted by Gasteiger charge is -2.32. The first-order chi connectivity index (χ1) is 37.6. The fourth-order valence-corrected chi connectivity index (χ4v) is 10.6. The summed E-state index contributed by atoms with van der Waals surface area (Å²) in [6.45, 7) is 14.4. The highest BCUT2D eigenvalue weighted by atomic mass is 79.9. The number of nitrogens with one attached hydrogen (secondary N) is 4. The van der Waals surface area contributed by atoms with Crippen LogP contribution >= 0.6 is 38.6 Å². The SMILES string of the molecule is CC1(C)OB(c2cn[nH]c2)OC1(C)C.COCCN(C)c1nc2cc(N3CCCCC3)c(NC(=O)c3csc(-c4cn[nH]c4)n3)cc2o1.COCCN(C)c1nc2cc(N3CCCCC3)c(NC(=O)c3csc(Br)n3)cc2o1. The predicted octanol–water partition coefficient (Wildman–Crippen LogP) is 9.08. The first-order valence-electron chi connectivity index (χ1n) is 25.9. The first kappa shape index (κ1) is 56.3. The summed E-state index contributed by atoms with van der Waals surface area (Å²) in [7, 11) is 6.86. The maximum atomic E-state index is 13.1. The number of piperidine rings is 2. The van der Waals surface area contributed by atoms with E-state index >= 15 is 0 Å². The predicted molar refractivity (Wildman–Crippen MR) is 310 cm³/mol. The second-order valence-corrected chi connectivity index (χ2v) is 23.1. The number of ether oxygens (including phenoxy) is 2. The standard InChI is InChI=1S/C23H27N7O3S.C20H24BrN5O3S.C9H15BN2O2/c1-29(8-9-32-2)23-28-17-10-19(30-6-4-3-5-7-30)16(11-20(17)33-23)26-21(31)18-14-34-22(27-18)15-12-24-25-13-15;1-25(8-9-28-2)20-24-14-10-16(26-6-4-3-5-7-26)13(11-17(14)29-20)22-18(27)15-12-30-19(21)23-15;1-8(2)9(3,4)14-10(13-8)7-5-11-12-6-7/h10-14H,3-9H2,1-2H3,(H,24,25)(H,26,31);10-12H,3-9H2,1-2H3,(H,22,27);5-6H,1-4H3,(H,11,12). The molecule has 4 N–H and O–H groups in total. The molecule has 2 amide bonds. The number of aromatic nitrogens is 8. The van der Waals surface area contributed by atoms with Gasteiger partial charge in [-0.05, 0) is 94.3 Å². The van der Waals surface area contributed by atoms with Crippen LogP contribution in [-0.4, -0.2) is 151 Å². The molecule has 3 saturated heterocycles. The van der Waals surface area contributed by atoms with Gasteiger partial charge in [0.05, 0.1) is 53.4 Å². The number of amides is 2. The number of aromatic amines is 2. The average molecular weight is 1170 g/mol. The van der Waals surface area contributed by atoms with Crippen LogP contribution in [0.1, 0.15) is 87.2 Å². The van der Waals surface area contributed by atoms with Crippen LogP contribution in [0.25, 0.3) is 32.8 Å². The summed E-state index contributed by atoms with van der Waals surface area (Å²) in [5, 5.41) is 23.7. The lowest BCUT2D eigenvalue weighted by atomic mass is 9.82. The van der Waals surface area contributed by atoms with Gasteiger partial charge in [0, 0.05) is 120 Å². The van der Waals surface area contributed by atoms with Crippen molar-refractivity contribution < 1.29 is 37.2 Å². The maximum Gasteiger partial charge on any atom is 0.498 e. The molecule has 0 aliphatic carbocycles. The van der Waals surface area contributed by atoms with Gasteiger partial charge in [0.15, 0.2) is 15.1 Å². The van der Waals surface area contributed by atoms with E-state index in [1.165, 1.54) is 35.5 Å². The number of likely N-dealkylation sites (N-methyl/N-ethyl adjacent to an activating group) is 2. The van der Waals surface area contributed by atoms with Crippen LogP contribution in [0.15, 0.2) is 72.6 Å². The highest BCUT2D eigenvalue weighted by Gasteiger charge is 2.52. The van der Waals surface area contributed by atoms with Gasteiger partial charge in [-0.2, -0.15) is 20.2 Å². The van der Waals surface area contributed by atoms with Crippen molar-refractivity contribution in [3.05, 3.63) is 75.1 Å². The molecule has 2 aromatic carbocycles. The van der Waals surface area contributed by atoms with Crippen LogP contribution in [0.3, 0.4) is 0 Å². The van der Waals surface area contributed by atoms with Crippen LogP contribution in [0.5, 0.6) is 0 Å². The fraction of sp³-hybridized carbons (Fsp3) is 0.462. The average Bonchev–Trinajstić information content (AvgIpc) is 4.35. The Morgan fingerprint density at radius 3 is 1.63 bits per heavy atom. The van der Waals surface area contributed by atoms with Crippen molar-refractivity contribution in [3.8, 4) is 10.6 Å². The highest BCUT2D eigenvalue weighted by molar-refractivity contribution is 9.11. The topological polar surface area (TPSA) is 243 Å². The minimum Gasteiger partial charge on any atom is -0.423 e. The van der Waals surface area contributed by atoms with Gasteiger partial charge < -0.3 is 57.8 Å². The highest BCUT2D eigenvalue weighted by Crippen LogP contribution is 2.39. The van der Waals surface area contributed by atoms with E-state index in [-0.39, 0.29) is 30.1 Å². The van der Waals surface area contributed by atoms with E-state index in [0.717, 1.165) is 90.3 Å². The summed E-state index contributed by atoms with van der Waals surface area (Å²) in [4.78, 5) is 52.3. The number of anilines is 6. The summed E-state index contributed by atoms with van der Waals surface area (Å²) in [6.07, 6.45) is 13.9. The fourth-order valence-electron chi connectivity index (χ4n) is 8.84. The van der Waals surface area contributed by atoms with Crippen molar-refractivity contribution in [1.29, 1.82) is 0 Å². The van der Waals surface area contributed by atoms with Crippen molar-refractivity contribution in [2.75, 3.05) is 111 Å². The Balaban J connectivity index is 0.000000154. The molecule has 8 aromatic rings. The molecule has 0 unspecified atom stereocenters. The van der Waals surface area contributed by atoms with Gasteiger partial charge in [-0.15, -0.1) is 22.7 Å². The zero-order valence-corrected chi connectivity index (χ0v) is 48.4. The zero-order chi connectivity index (χ0) is 55.0. The molecule has 3 fully saturated rings. The van der Waals surface area contributed by atoms with E-state index in [1.54, 1.807) is 49.8 Å². The van der Waals surface area contributed by atoms with Crippen molar-refractivity contribution in [3.63, 3.8) is 0 Å². The van der Waals surface area contributed by atoms with Gasteiger partial charge in [-0.3, -0.25) is 19.8 Å². The molecule has 26 heteroatoms. The van der Waals surface area contributed by atoms with Crippen LogP contribution in [0.4, 0.5) is 34.8 Å². The molecule has 3 aliphatic rings. The van der Waals surface area contributed by atoms with Crippen LogP contribution in [-0.2, 0) is 18.8 Å². The lowest BCUT2D eigenvalue weighted by Crippen LogP contribution is -2.41. The number of carbonyl (C=O) groups excluding carboxylic acids is 2. The quantitative estimate of drug-likeness (QED) is 0.0659. The Hall–Kier alpha value is -6.42. The maximum absolute atomic E-state index is 13.1. The number of methoxy groups -OCH3 is 2. The van der Waals surface area contributed by atoms with Gasteiger partial charge in [0.1, 0.15) is 27.4 Å². The molecule has 0 spiro atoms. The van der Waals surface area contributed by atoms with E-state index in [0.29, 0.717) is 76.2 Å². The molecule has 11 rings (SSSR count). The molecule has 0 atom stereocenters. The number of nitrogens with zero attached hydrogens (tertiary/aromatic N) is 10. The largest absolute Gasteiger partial charge is 0.498 e. The van der Waals surface area contributed by atoms with Gasteiger partial charge in [-0.25, -0.2) is 9.97 Å². The Labute approximate surface area is 469 Å². The third-order valence-electron chi connectivity index (χ3n) is 14.0. The summed E-state index contributed by atoms with van der Waals surface area (Å²) in [5.41, 5.74) is 8.06. The third-order valence-corrected chi connectivity index (χ3v) is 16.3. The Morgan fingerprint density at radius 1 is 0.692 bits per heavy atom. The molecular formula is C52H66BBrN14O8S2. The summed E-state index contributed by atoms with van der Waals surface area (Å²) >= 11 is 6.10. The molecule has 0 radical (unpaired) electrons. The first-order valence-corrected chi connectivity index (χ1v) is 28.5. The number of fused-ring (bicyclic) bond motifs is 2. The van der Waals surface area contributed by atoms with Crippen molar-refractivity contribution in [2.24, 2.45) is 0 Å². The Morgan fingerprint density at radius 2 is 1.18 bits per heavy atom. The van der Waals surface area contributed by atoms with Crippen molar-refractivity contribution in [1.82, 2.24) is 40.3 Å². The second-order valence-electron chi connectivity index (χ2n) is 20.1. The second kappa shape index (κ2) is 25.1. The van der Waals surface area contributed by atoms with E-state index in [9.17, 15) is 9.59 Å². The minimum absolute atomic E-state index is 0.244. The van der Waals surface area contributed by atoms with E-state index in [1.807, 2.05) is 75.9 Å². The van der Waals surface area contributed by atoms with E-state index < -0.39 is 0 Å². The number of rotatable bonds is 16. The molecule has 78 heavy (non-hydrogen) atoms. The number of hydrogen-bond donors (Lipinski definition) is 4. The Kier molecular flexibility index (Phi) is 18.2. The zero-order valence-electron chi connectivity index (χ0n) is 45.2. The van der Waals surface area contributed by atoms with E-state index in [2.05, 4.69) is 76.7 Å². The van der Waals surface area contributed by atoms with Crippen LogP contribution in [0, 0.1) is 0 Å². The molecule has 22 nitrogen and oxygen atoms in total. The van der Waals surface area contributed by atoms with Gasteiger partial charge in [-0.1, -0.05) is 0 Å². The van der Waals surface area contributed by atoms with Crippen molar-refractivity contribution in [2.45, 2.75) is 77.4 Å². The molecule has 9 heterocycles. The number of halogens is 1.